The zero-order valence-corrected chi connectivity index (χ0v) is 19.6. The Balaban J connectivity index is 1.92. The van der Waals surface area contributed by atoms with Crippen molar-refractivity contribution in [1.29, 1.82) is 0 Å². The van der Waals surface area contributed by atoms with Crippen LogP contribution in [-0.2, 0) is 28.7 Å². The molecular formula is C24H36N2O5. The van der Waals surface area contributed by atoms with Crippen molar-refractivity contribution in [1.82, 2.24) is 4.90 Å². The second-order valence-corrected chi connectivity index (χ2v) is 9.17. The second-order valence-electron chi connectivity index (χ2n) is 9.17. The molecule has 0 bridgehead atoms. The van der Waals surface area contributed by atoms with Crippen LogP contribution in [0.25, 0.3) is 0 Å². The molecule has 31 heavy (non-hydrogen) atoms. The van der Waals surface area contributed by atoms with E-state index < -0.39 is 5.60 Å². The van der Waals surface area contributed by atoms with Crippen LogP contribution in [-0.4, -0.2) is 55.5 Å². The third kappa shape index (κ3) is 5.43. The first-order valence-corrected chi connectivity index (χ1v) is 11.5. The monoisotopic (exact) mass is 432 g/mol. The Hall–Kier alpha value is -2.44. The first kappa shape index (κ1) is 23.2. The average molecular weight is 433 g/mol. The first-order valence-electron chi connectivity index (χ1n) is 11.5. The highest BCUT2D eigenvalue weighted by molar-refractivity contribution is 5.91. The molecule has 2 aliphatic heterocycles. The van der Waals surface area contributed by atoms with E-state index in [2.05, 4.69) is 13.0 Å². The van der Waals surface area contributed by atoms with E-state index in [-0.39, 0.29) is 12.2 Å². The Labute approximate surface area is 185 Å². The minimum atomic E-state index is -0.518. The molecule has 0 spiro atoms. The van der Waals surface area contributed by atoms with E-state index in [9.17, 15) is 9.59 Å². The molecule has 0 saturated heterocycles. The Kier molecular flexibility index (Phi) is 7.34. The molecule has 0 fully saturated rings. The minimum absolute atomic E-state index is 0.275. The molecule has 7 heteroatoms. The summed E-state index contributed by atoms with van der Waals surface area (Å²) in [6.45, 7) is 12.3. The summed E-state index contributed by atoms with van der Waals surface area (Å²) in [4.78, 5) is 28.8. The summed E-state index contributed by atoms with van der Waals surface area (Å²) < 4.78 is 17.1. The number of rotatable bonds is 4. The summed E-state index contributed by atoms with van der Waals surface area (Å²) in [6, 6.07) is 2.06. The molecule has 2 amide bonds. The van der Waals surface area contributed by atoms with E-state index in [1.54, 1.807) is 9.80 Å². The molecule has 0 aromatic heterocycles. The highest BCUT2D eigenvalue weighted by Gasteiger charge is 2.31. The van der Waals surface area contributed by atoms with Crippen molar-refractivity contribution in [3.63, 3.8) is 0 Å². The van der Waals surface area contributed by atoms with Crippen molar-refractivity contribution in [2.75, 3.05) is 37.7 Å². The van der Waals surface area contributed by atoms with Gasteiger partial charge in [0.2, 0.25) is 0 Å². The Morgan fingerprint density at radius 1 is 1.06 bits per heavy atom. The SMILES string of the molecule is CCCOC(=O)N1CCOc2c1cc1c(c2CCC)CCN(C(=O)OC(C)(C)C)CC1. The van der Waals surface area contributed by atoms with E-state index in [0.717, 1.165) is 49.1 Å². The maximum absolute atomic E-state index is 12.7. The summed E-state index contributed by atoms with van der Waals surface area (Å²) in [5, 5.41) is 0. The summed E-state index contributed by atoms with van der Waals surface area (Å²) in [5.74, 6) is 0.797. The molecule has 0 aliphatic carbocycles. The van der Waals surface area contributed by atoms with Gasteiger partial charge in [-0.1, -0.05) is 20.3 Å². The van der Waals surface area contributed by atoms with Crippen LogP contribution >= 0.6 is 0 Å². The van der Waals surface area contributed by atoms with Crippen LogP contribution in [0.4, 0.5) is 15.3 Å². The molecule has 1 aromatic rings. The average Bonchev–Trinajstić information content (AvgIpc) is 2.93. The van der Waals surface area contributed by atoms with Crippen molar-refractivity contribution in [2.24, 2.45) is 0 Å². The van der Waals surface area contributed by atoms with Crippen molar-refractivity contribution in [2.45, 2.75) is 72.3 Å². The molecule has 0 unspecified atom stereocenters. The lowest BCUT2D eigenvalue weighted by molar-refractivity contribution is 0.0258. The fourth-order valence-electron chi connectivity index (χ4n) is 4.15. The molecule has 0 radical (unpaired) electrons. The first-order chi connectivity index (χ1) is 14.7. The molecule has 172 valence electrons. The topological polar surface area (TPSA) is 68.3 Å². The van der Waals surface area contributed by atoms with Gasteiger partial charge in [-0.05, 0) is 69.2 Å². The maximum atomic E-state index is 12.7. The Morgan fingerprint density at radius 2 is 1.81 bits per heavy atom. The number of carbonyl (C=O) groups excluding carboxylic acids is 2. The van der Waals surface area contributed by atoms with Crippen molar-refractivity contribution >= 4 is 17.9 Å². The van der Waals surface area contributed by atoms with Crippen molar-refractivity contribution in [3.8, 4) is 5.75 Å². The molecule has 1 aromatic carbocycles. The molecule has 2 aliphatic rings. The summed E-state index contributed by atoms with van der Waals surface area (Å²) >= 11 is 0. The van der Waals surface area contributed by atoms with Crippen LogP contribution in [0, 0.1) is 0 Å². The van der Waals surface area contributed by atoms with Gasteiger partial charge >= 0.3 is 12.2 Å². The number of hydrogen-bond donors (Lipinski definition) is 0. The number of amides is 2. The van der Waals surface area contributed by atoms with Crippen LogP contribution in [0.2, 0.25) is 0 Å². The van der Waals surface area contributed by atoms with Gasteiger partial charge in [-0.2, -0.15) is 0 Å². The lowest BCUT2D eigenvalue weighted by Gasteiger charge is -2.32. The number of carbonyl (C=O) groups is 2. The third-order valence-electron chi connectivity index (χ3n) is 5.51. The van der Waals surface area contributed by atoms with Crippen molar-refractivity contribution in [3.05, 3.63) is 22.8 Å². The highest BCUT2D eigenvalue weighted by Crippen LogP contribution is 2.41. The van der Waals surface area contributed by atoms with Gasteiger partial charge in [0.15, 0.2) is 0 Å². The quantitative estimate of drug-likeness (QED) is 0.689. The number of ether oxygens (including phenoxy) is 3. The van der Waals surface area contributed by atoms with Gasteiger partial charge in [0.1, 0.15) is 18.0 Å². The van der Waals surface area contributed by atoms with Gasteiger partial charge in [-0.15, -0.1) is 0 Å². The highest BCUT2D eigenvalue weighted by atomic mass is 16.6. The van der Waals surface area contributed by atoms with Crippen LogP contribution in [0.1, 0.15) is 64.2 Å². The largest absolute Gasteiger partial charge is 0.489 e. The summed E-state index contributed by atoms with van der Waals surface area (Å²) in [7, 11) is 0. The molecule has 0 N–H and O–H groups in total. The van der Waals surface area contributed by atoms with Crippen LogP contribution in [0.15, 0.2) is 6.07 Å². The number of nitrogens with zero attached hydrogens (tertiary/aromatic N) is 2. The number of anilines is 1. The number of benzene rings is 1. The maximum Gasteiger partial charge on any atom is 0.414 e. The third-order valence-corrected chi connectivity index (χ3v) is 5.51. The summed E-state index contributed by atoms with van der Waals surface area (Å²) in [5.41, 5.74) is 3.85. The second kappa shape index (κ2) is 9.79. The van der Waals surface area contributed by atoms with Gasteiger partial charge in [0, 0.05) is 13.1 Å². The molecular weight excluding hydrogens is 396 g/mol. The molecule has 0 saturated carbocycles. The van der Waals surface area contributed by atoms with Crippen LogP contribution < -0.4 is 9.64 Å². The predicted octanol–water partition coefficient (Wildman–Crippen LogP) is 4.72. The Morgan fingerprint density at radius 3 is 2.48 bits per heavy atom. The molecule has 2 heterocycles. The zero-order valence-electron chi connectivity index (χ0n) is 19.6. The fourth-order valence-corrected chi connectivity index (χ4v) is 4.15. The van der Waals surface area contributed by atoms with Gasteiger partial charge in [0.05, 0.1) is 18.8 Å². The van der Waals surface area contributed by atoms with E-state index in [0.29, 0.717) is 32.8 Å². The number of hydrogen-bond acceptors (Lipinski definition) is 5. The van der Waals surface area contributed by atoms with Gasteiger partial charge < -0.3 is 19.1 Å². The lowest BCUT2D eigenvalue weighted by atomic mass is 9.92. The smallest absolute Gasteiger partial charge is 0.414 e. The van der Waals surface area contributed by atoms with E-state index in [1.165, 1.54) is 11.1 Å². The lowest BCUT2D eigenvalue weighted by Crippen LogP contribution is -2.39. The predicted molar refractivity (Wildman–Crippen MR) is 120 cm³/mol. The van der Waals surface area contributed by atoms with E-state index in [4.69, 9.17) is 14.2 Å². The van der Waals surface area contributed by atoms with Crippen LogP contribution in [0.3, 0.4) is 0 Å². The van der Waals surface area contributed by atoms with Crippen LogP contribution in [0.5, 0.6) is 5.75 Å². The van der Waals surface area contributed by atoms with E-state index >= 15 is 0 Å². The normalized spacial score (nSPS) is 16.0. The standard InChI is InChI=1S/C24H36N2O5/c1-6-8-19-18-10-12-25(22(27)31-24(3,4)5)11-9-17(18)16-20-21(19)29-15-13-26(20)23(28)30-14-7-2/h16H,6-15H2,1-5H3. The van der Waals surface area contributed by atoms with Gasteiger partial charge in [-0.25, -0.2) is 9.59 Å². The van der Waals surface area contributed by atoms with E-state index in [1.807, 2.05) is 27.7 Å². The molecule has 0 atom stereocenters. The fraction of sp³-hybridized carbons (Fsp3) is 0.667. The minimum Gasteiger partial charge on any atom is -0.489 e. The zero-order chi connectivity index (χ0) is 22.6. The summed E-state index contributed by atoms with van der Waals surface area (Å²) in [6.07, 6.45) is 3.50. The Bertz CT molecular complexity index is 815. The number of fused-ring (bicyclic) bond motifs is 2. The van der Waals surface area contributed by atoms with Gasteiger partial charge in [0.25, 0.3) is 0 Å². The molecule has 7 nitrogen and oxygen atoms in total. The van der Waals surface area contributed by atoms with Gasteiger partial charge in [-0.3, -0.25) is 4.90 Å². The van der Waals surface area contributed by atoms with Crippen molar-refractivity contribution < 1.29 is 23.8 Å². The molecule has 3 rings (SSSR count).